The zero-order valence-electron chi connectivity index (χ0n) is 20.9. The Labute approximate surface area is 221 Å². The maximum absolute atomic E-state index is 15.9. The second kappa shape index (κ2) is 9.95. The highest BCUT2D eigenvalue weighted by Crippen LogP contribution is 2.40. The summed E-state index contributed by atoms with van der Waals surface area (Å²) >= 11 is 0. The lowest BCUT2D eigenvalue weighted by molar-refractivity contribution is 0.618. The molecular weight excluding hydrogens is 472 g/mol. The van der Waals surface area contributed by atoms with Crippen molar-refractivity contribution >= 4 is 22.1 Å². The number of benzene rings is 6. The highest BCUT2D eigenvalue weighted by molar-refractivity contribution is 5.89. The molecule has 1 nitrogen and oxygen atoms in total. The van der Waals surface area contributed by atoms with Crippen LogP contribution in [0.4, 0.5) is 20.2 Å². The lowest BCUT2D eigenvalue weighted by Crippen LogP contribution is -2.14. The molecule has 0 radical (unpaired) electrons. The maximum Gasteiger partial charge on any atom is 0.148 e. The molecule has 6 aromatic rings. The van der Waals surface area contributed by atoms with Crippen molar-refractivity contribution in [3.8, 4) is 33.4 Å². The Balaban J connectivity index is 1.42. The summed E-state index contributed by atoms with van der Waals surface area (Å²) in [4.78, 5) is 1.58. The van der Waals surface area contributed by atoms with Crippen molar-refractivity contribution in [3.05, 3.63) is 145 Å². The fourth-order valence-corrected chi connectivity index (χ4v) is 5.01. The van der Waals surface area contributed by atoms with Gasteiger partial charge in [-0.15, -0.1) is 0 Å². The summed E-state index contributed by atoms with van der Waals surface area (Å²) < 4.78 is 30.5. The Hall–Kier alpha value is -4.76. The SMILES string of the molecule is CN(c1ccccc1F)c1c(F)cc(-c2ccc(-c3ccc4ccccc4c3)cc2)cc1-c1ccccc1. The number of hydrogen-bond acceptors (Lipinski definition) is 1. The smallest absolute Gasteiger partial charge is 0.148 e. The van der Waals surface area contributed by atoms with Gasteiger partial charge < -0.3 is 4.90 Å². The molecule has 0 heterocycles. The molecule has 0 aliphatic heterocycles. The minimum absolute atomic E-state index is 0.316. The van der Waals surface area contributed by atoms with E-state index in [1.165, 1.54) is 22.9 Å². The average molecular weight is 498 g/mol. The number of hydrogen-bond donors (Lipinski definition) is 0. The van der Waals surface area contributed by atoms with Gasteiger partial charge in [-0.1, -0.05) is 103 Å². The number of anilines is 2. The van der Waals surface area contributed by atoms with Crippen molar-refractivity contribution in [1.29, 1.82) is 0 Å². The predicted octanol–water partition coefficient (Wildman–Crippen LogP) is 9.89. The van der Waals surface area contributed by atoms with E-state index in [9.17, 15) is 4.39 Å². The summed E-state index contributed by atoms with van der Waals surface area (Å²) in [7, 11) is 1.70. The second-order valence-corrected chi connectivity index (χ2v) is 9.37. The predicted molar refractivity (Wildman–Crippen MR) is 155 cm³/mol. The summed E-state index contributed by atoms with van der Waals surface area (Å²) in [6.45, 7) is 0. The highest BCUT2D eigenvalue weighted by atomic mass is 19.1. The van der Waals surface area contributed by atoms with Gasteiger partial charge in [0.1, 0.15) is 11.6 Å². The van der Waals surface area contributed by atoms with E-state index in [1.54, 1.807) is 30.1 Å². The molecule has 0 spiro atoms. The standard InChI is InChI=1S/C35H25F2N/c1-38(34-14-8-7-13-32(34)36)35-31(27-10-3-2-4-11-27)22-30(23-33(35)37)26-17-15-25(16-18-26)29-20-19-24-9-5-6-12-28(24)21-29/h2-23H,1H3. The minimum atomic E-state index is -0.411. The molecular formula is C35H25F2N. The van der Waals surface area contributed by atoms with Gasteiger partial charge in [0.25, 0.3) is 0 Å². The Morgan fingerprint density at radius 3 is 1.79 bits per heavy atom. The average Bonchev–Trinajstić information content (AvgIpc) is 2.97. The third-order valence-electron chi connectivity index (χ3n) is 7.00. The molecule has 0 saturated carbocycles. The van der Waals surface area contributed by atoms with Crippen LogP contribution in [0, 0.1) is 11.6 Å². The minimum Gasteiger partial charge on any atom is -0.339 e. The van der Waals surface area contributed by atoms with Gasteiger partial charge in [-0.25, -0.2) is 8.78 Å². The largest absolute Gasteiger partial charge is 0.339 e. The first kappa shape index (κ1) is 23.6. The molecule has 184 valence electrons. The van der Waals surface area contributed by atoms with Gasteiger partial charge in [-0.2, -0.15) is 0 Å². The van der Waals surface area contributed by atoms with Crippen LogP contribution < -0.4 is 4.90 Å². The van der Waals surface area contributed by atoms with Crippen LogP contribution in [0.5, 0.6) is 0 Å². The molecule has 0 aromatic heterocycles. The fourth-order valence-electron chi connectivity index (χ4n) is 5.01. The van der Waals surface area contributed by atoms with Crippen LogP contribution in [-0.2, 0) is 0 Å². The fraction of sp³-hybridized carbons (Fsp3) is 0.0286. The van der Waals surface area contributed by atoms with E-state index in [1.807, 2.05) is 60.7 Å². The van der Waals surface area contributed by atoms with E-state index in [0.717, 1.165) is 27.8 Å². The van der Waals surface area contributed by atoms with Crippen LogP contribution in [0.2, 0.25) is 0 Å². The van der Waals surface area contributed by atoms with Gasteiger partial charge in [0.2, 0.25) is 0 Å². The van der Waals surface area contributed by atoms with E-state index < -0.39 is 11.6 Å². The van der Waals surface area contributed by atoms with Crippen molar-refractivity contribution in [3.63, 3.8) is 0 Å². The number of nitrogens with zero attached hydrogens (tertiary/aromatic N) is 1. The summed E-state index contributed by atoms with van der Waals surface area (Å²) in [6.07, 6.45) is 0. The Kier molecular flexibility index (Phi) is 6.19. The number of para-hydroxylation sites is 1. The van der Waals surface area contributed by atoms with Gasteiger partial charge in [0.15, 0.2) is 0 Å². The molecule has 6 rings (SSSR count). The van der Waals surface area contributed by atoms with Crippen molar-refractivity contribution in [2.45, 2.75) is 0 Å². The summed E-state index contributed by atoms with van der Waals surface area (Å²) in [5.74, 6) is -0.813. The molecule has 0 amide bonds. The molecule has 0 fully saturated rings. The van der Waals surface area contributed by atoms with E-state index in [0.29, 0.717) is 16.9 Å². The van der Waals surface area contributed by atoms with Gasteiger partial charge in [-0.3, -0.25) is 0 Å². The maximum atomic E-state index is 15.9. The van der Waals surface area contributed by atoms with E-state index in [-0.39, 0.29) is 0 Å². The number of rotatable bonds is 5. The van der Waals surface area contributed by atoms with Crippen LogP contribution in [0.25, 0.3) is 44.2 Å². The zero-order valence-corrected chi connectivity index (χ0v) is 20.9. The molecule has 0 bridgehead atoms. The van der Waals surface area contributed by atoms with Crippen molar-refractivity contribution in [2.75, 3.05) is 11.9 Å². The first-order valence-electron chi connectivity index (χ1n) is 12.6. The molecule has 3 heteroatoms. The zero-order chi connectivity index (χ0) is 26.1. The van der Waals surface area contributed by atoms with Gasteiger partial charge >= 0.3 is 0 Å². The second-order valence-electron chi connectivity index (χ2n) is 9.37. The third-order valence-corrected chi connectivity index (χ3v) is 7.00. The molecule has 0 atom stereocenters. The monoisotopic (exact) mass is 497 g/mol. The van der Waals surface area contributed by atoms with Gasteiger partial charge in [0.05, 0.1) is 11.4 Å². The van der Waals surface area contributed by atoms with Crippen molar-refractivity contribution < 1.29 is 8.78 Å². The molecule has 6 aromatic carbocycles. The summed E-state index contributed by atoms with van der Waals surface area (Å²) in [5.41, 5.74) is 6.10. The lowest BCUT2D eigenvalue weighted by atomic mass is 9.94. The van der Waals surface area contributed by atoms with Crippen LogP contribution in [0.15, 0.2) is 133 Å². The first-order chi connectivity index (χ1) is 18.6. The topological polar surface area (TPSA) is 3.24 Å². The quantitative estimate of drug-likeness (QED) is 0.229. The lowest BCUT2D eigenvalue weighted by Gasteiger charge is -2.25. The normalized spacial score (nSPS) is 11.0. The van der Waals surface area contributed by atoms with Gasteiger partial charge in [0, 0.05) is 12.6 Å². The molecule has 0 unspecified atom stereocenters. The van der Waals surface area contributed by atoms with Gasteiger partial charge in [-0.05, 0) is 68.9 Å². The van der Waals surface area contributed by atoms with E-state index >= 15 is 4.39 Å². The molecule has 38 heavy (non-hydrogen) atoms. The van der Waals surface area contributed by atoms with Crippen LogP contribution in [-0.4, -0.2) is 7.05 Å². The highest BCUT2D eigenvalue weighted by Gasteiger charge is 2.20. The summed E-state index contributed by atoms with van der Waals surface area (Å²) in [5, 5.41) is 2.40. The molecule has 0 aliphatic carbocycles. The number of halogens is 2. The summed E-state index contributed by atoms with van der Waals surface area (Å²) in [6, 6.07) is 42.5. The molecule has 0 aliphatic rings. The Bertz CT molecular complexity index is 1740. The van der Waals surface area contributed by atoms with Crippen LogP contribution in [0.1, 0.15) is 0 Å². The molecule has 0 saturated heterocycles. The first-order valence-corrected chi connectivity index (χ1v) is 12.6. The third kappa shape index (κ3) is 4.44. The Morgan fingerprint density at radius 1 is 0.447 bits per heavy atom. The Morgan fingerprint density at radius 2 is 1.05 bits per heavy atom. The van der Waals surface area contributed by atoms with E-state index in [2.05, 4.69) is 42.5 Å². The molecule has 0 N–H and O–H groups in total. The number of fused-ring (bicyclic) bond motifs is 1. The van der Waals surface area contributed by atoms with Crippen LogP contribution in [0.3, 0.4) is 0 Å². The van der Waals surface area contributed by atoms with Crippen molar-refractivity contribution in [1.82, 2.24) is 0 Å². The van der Waals surface area contributed by atoms with Crippen LogP contribution >= 0.6 is 0 Å². The van der Waals surface area contributed by atoms with E-state index in [4.69, 9.17) is 0 Å². The van der Waals surface area contributed by atoms with Crippen molar-refractivity contribution in [2.24, 2.45) is 0 Å².